The number of fused-ring (bicyclic) bond motifs is 1. The van der Waals surface area contributed by atoms with E-state index in [9.17, 15) is 24.1 Å². The predicted molar refractivity (Wildman–Crippen MR) is 90.4 cm³/mol. The van der Waals surface area contributed by atoms with Crippen LogP contribution in [0.3, 0.4) is 0 Å². The number of hydrogen-bond acceptors (Lipinski definition) is 5. The number of rotatable bonds is 3. The van der Waals surface area contributed by atoms with E-state index in [2.05, 4.69) is 5.32 Å². The Bertz CT molecular complexity index is 943. The number of nitro benzene ring substituents is 1. The van der Waals surface area contributed by atoms with Crippen LogP contribution >= 0.6 is 0 Å². The van der Waals surface area contributed by atoms with E-state index in [1.54, 1.807) is 6.92 Å². The molecule has 0 fully saturated rings. The lowest BCUT2D eigenvalue weighted by molar-refractivity contribution is -0.384. The number of aryl methyl sites for hydroxylation is 1. The fraction of sp³-hybridized carbons (Fsp3) is 0.222. The second-order valence-electron chi connectivity index (χ2n) is 6.31. The molecule has 2 aromatic carbocycles. The van der Waals surface area contributed by atoms with E-state index in [-0.39, 0.29) is 17.7 Å². The number of benzene rings is 2. The second-order valence-corrected chi connectivity index (χ2v) is 6.31. The zero-order valence-electron chi connectivity index (χ0n) is 14.0. The van der Waals surface area contributed by atoms with Crippen molar-refractivity contribution >= 4 is 23.3 Å². The first-order valence-electron chi connectivity index (χ1n) is 7.78. The van der Waals surface area contributed by atoms with Gasteiger partial charge >= 0.3 is 5.97 Å². The van der Waals surface area contributed by atoms with E-state index in [0.717, 1.165) is 6.07 Å². The first-order valence-corrected chi connectivity index (χ1v) is 7.78. The lowest BCUT2D eigenvalue weighted by Gasteiger charge is -2.33. The lowest BCUT2D eigenvalue weighted by Crippen LogP contribution is -2.49. The summed E-state index contributed by atoms with van der Waals surface area (Å²) in [5.74, 6) is -1.81. The Hall–Kier alpha value is -3.29. The molecule has 1 unspecified atom stereocenters. The summed E-state index contributed by atoms with van der Waals surface area (Å²) in [4.78, 5) is 35.1. The molecule has 1 heterocycles. The molecule has 2 aromatic rings. The number of nitro groups is 1. The first kappa shape index (κ1) is 17.5. The van der Waals surface area contributed by atoms with Gasteiger partial charge in [-0.3, -0.25) is 14.9 Å². The van der Waals surface area contributed by atoms with Crippen molar-refractivity contribution in [3.05, 3.63) is 69.0 Å². The van der Waals surface area contributed by atoms with Crippen LogP contribution in [0.1, 0.15) is 28.4 Å². The number of nitrogens with zero attached hydrogens (tertiary/aromatic N) is 1. The van der Waals surface area contributed by atoms with Crippen LogP contribution in [-0.2, 0) is 16.0 Å². The van der Waals surface area contributed by atoms with Gasteiger partial charge in [0, 0.05) is 24.2 Å². The van der Waals surface area contributed by atoms with E-state index < -0.39 is 28.2 Å². The van der Waals surface area contributed by atoms with Crippen LogP contribution in [0.25, 0.3) is 0 Å². The van der Waals surface area contributed by atoms with Crippen molar-refractivity contribution in [2.75, 3.05) is 5.32 Å². The number of amides is 1. The van der Waals surface area contributed by atoms with Gasteiger partial charge in [-0.05, 0) is 49.2 Å². The van der Waals surface area contributed by atoms with Gasteiger partial charge in [-0.25, -0.2) is 9.18 Å². The Morgan fingerprint density at radius 3 is 2.69 bits per heavy atom. The molecule has 1 atom stereocenters. The molecule has 3 rings (SSSR count). The van der Waals surface area contributed by atoms with E-state index in [1.165, 1.54) is 37.3 Å². The van der Waals surface area contributed by atoms with Crippen LogP contribution in [-0.4, -0.2) is 22.4 Å². The highest BCUT2D eigenvalue weighted by Gasteiger charge is 2.43. The zero-order chi connectivity index (χ0) is 19.1. The van der Waals surface area contributed by atoms with Gasteiger partial charge in [0.25, 0.3) is 11.6 Å². The first-order chi connectivity index (χ1) is 12.2. The number of halogens is 1. The molecular weight excluding hydrogens is 343 g/mol. The van der Waals surface area contributed by atoms with Gasteiger partial charge in [0.05, 0.1) is 10.5 Å². The van der Waals surface area contributed by atoms with Crippen LogP contribution in [0, 0.1) is 22.9 Å². The van der Waals surface area contributed by atoms with Gasteiger partial charge in [-0.15, -0.1) is 0 Å². The summed E-state index contributed by atoms with van der Waals surface area (Å²) in [5, 5.41) is 13.4. The summed E-state index contributed by atoms with van der Waals surface area (Å²) in [5.41, 5.74) is -0.151. The SMILES string of the molecule is Cc1cc([N+](=O)[O-])ccc1NC(=O)C1(C)Cc2cc(F)ccc2C(=O)O1. The second kappa shape index (κ2) is 6.21. The van der Waals surface area contributed by atoms with Crippen molar-refractivity contribution < 1.29 is 23.6 Å². The summed E-state index contributed by atoms with van der Waals surface area (Å²) in [7, 11) is 0. The van der Waals surface area contributed by atoms with Crippen LogP contribution < -0.4 is 5.32 Å². The number of anilines is 1. The Balaban J connectivity index is 1.86. The van der Waals surface area contributed by atoms with Gasteiger partial charge in [0.2, 0.25) is 0 Å². The smallest absolute Gasteiger partial charge is 0.339 e. The predicted octanol–water partition coefficient (Wildman–Crippen LogP) is 3.15. The molecule has 0 spiro atoms. The van der Waals surface area contributed by atoms with Gasteiger partial charge in [0.1, 0.15) is 5.82 Å². The third-order valence-corrected chi connectivity index (χ3v) is 4.28. The molecule has 1 amide bonds. The molecule has 1 N–H and O–H groups in total. The number of cyclic esters (lactones) is 1. The topological polar surface area (TPSA) is 98.5 Å². The molecular formula is C18H15FN2O5. The molecule has 7 nitrogen and oxygen atoms in total. The lowest BCUT2D eigenvalue weighted by atomic mass is 9.89. The van der Waals surface area contributed by atoms with E-state index in [4.69, 9.17) is 4.74 Å². The van der Waals surface area contributed by atoms with Crippen molar-refractivity contribution in [3.63, 3.8) is 0 Å². The average molecular weight is 358 g/mol. The summed E-state index contributed by atoms with van der Waals surface area (Å²) in [6, 6.07) is 7.69. The average Bonchev–Trinajstić information content (AvgIpc) is 2.55. The van der Waals surface area contributed by atoms with Gasteiger partial charge in [0.15, 0.2) is 5.60 Å². The van der Waals surface area contributed by atoms with E-state index in [1.807, 2.05) is 0 Å². The molecule has 0 bridgehead atoms. The molecule has 1 aliphatic heterocycles. The molecule has 26 heavy (non-hydrogen) atoms. The Kier molecular flexibility index (Phi) is 4.19. The number of esters is 1. The van der Waals surface area contributed by atoms with Crippen molar-refractivity contribution in [2.24, 2.45) is 0 Å². The third-order valence-electron chi connectivity index (χ3n) is 4.28. The van der Waals surface area contributed by atoms with Crippen molar-refractivity contribution in [3.8, 4) is 0 Å². The zero-order valence-corrected chi connectivity index (χ0v) is 14.0. The monoisotopic (exact) mass is 358 g/mol. The number of carbonyl (C=O) groups excluding carboxylic acids is 2. The minimum absolute atomic E-state index is 0.0176. The maximum atomic E-state index is 13.5. The van der Waals surface area contributed by atoms with Gasteiger partial charge in [-0.1, -0.05) is 0 Å². The fourth-order valence-corrected chi connectivity index (χ4v) is 2.85. The molecule has 0 radical (unpaired) electrons. The van der Waals surface area contributed by atoms with Crippen LogP contribution in [0.15, 0.2) is 36.4 Å². The molecule has 0 saturated carbocycles. The van der Waals surface area contributed by atoms with Gasteiger partial charge in [-0.2, -0.15) is 0 Å². The Morgan fingerprint density at radius 2 is 2.04 bits per heavy atom. The molecule has 1 aliphatic rings. The van der Waals surface area contributed by atoms with Crippen LogP contribution in [0.4, 0.5) is 15.8 Å². The maximum absolute atomic E-state index is 13.5. The molecule has 8 heteroatoms. The molecule has 0 aliphatic carbocycles. The summed E-state index contributed by atoms with van der Waals surface area (Å²) < 4.78 is 18.8. The third kappa shape index (κ3) is 3.13. The van der Waals surface area contributed by atoms with E-state index >= 15 is 0 Å². The number of non-ortho nitro benzene ring substituents is 1. The van der Waals surface area contributed by atoms with Crippen molar-refractivity contribution in [1.82, 2.24) is 0 Å². The largest absolute Gasteiger partial charge is 0.445 e. The molecule has 0 saturated heterocycles. The van der Waals surface area contributed by atoms with Gasteiger partial charge < -0.3 is 10.1 Å². The highest BCUT2D eigenvalue weighted by molar-refractivity contribution is 6.02. The summed E-state index contributed by atoms with van der Waals surface area (Å²) in [6.45, 7) is 3.05. The number of hydrogen-bond donors (Lipinski definition) is 1. The number of nitrogens with one attached hydrogen (secondary N) is 1. The molecule has 134 valence electrons. The maximum Gasteiger partial charge on any atom is 0.339 e. The minimum atomic E-state index is -1.52. The highest BCUT2D eigenvalue weighted by atomic mass is 19.1. The highest BCUT2D eigenvalue weighted by Crippen LogP contribution is 2.30. The Morgan fingerprint density at radius 1 is 1.31 bits per heavy atom. The van der Waals surface area contributed by atoms with E-state index in [0.29, 0.717) is 16.8 Å². The van der Waals surface area contributed by atoms with Crippen molar-refractivity contribution in [2.45, 2.75) is 25.9 Å². The number of ether oxygens (including phenoxy) is 1. The molecule has 0 aromatic heterocycles. The standard InChI is InChI=1S/C18H15FN2O5/c1-10-7-13(21(24)25)4-6-15(10)20-17(23)18(2)9-11-8-12(19)3-5-14(11)16(22)26-18/h3-8H,9H2,1-2H3,(H,20,23). The number of carbonyl (C=O) groups is 2. The van der Waals surface area contributed by atoms with Crippen LogP contribution in [0.5, 0.6) is 0 Å². The fourth-order valence-electron chi connectivity index (χ4n) is 2.85. The summed E-state index contributed by atoms with van der Waals surface area (Å²) >= 11 is 0. The Labute approximate surface area is 147 Å². The quantitative estimate of drug-likeness (QED) is 0.516. The van der Waals surface area contributed by atoms with Crippen LogP contribution in [0.2, 0.25) is 0 Å². The van der Waals surface area contributed by atoms with Crippen molar-refractivity contribution in [1.29, 1.82) is 0 Å². The minimum Gasteiger partial charge on any atom is -0.445 e. The summed E-state index contributed by atoms with van der Waals surface area (Å²) in [6.07, 6.45) is 0.0176. The normalized spacial score (nSPS) is 18.7.